The highest BCUT2D eigenvalue weighted by Crippen LogP contribution is 2.16. The van der Waals surface area contributed by atoms with Gasteiger partial charge < -0.3 is 10.2 Å². The predicted molar refractivity (Wildman–Crippen MR) is 65.6 cm³/mol. The van der Waals surface area contributed by atoms with E-state index in [4.69, 9.17) is 0 Å². The molecule has 2 heterocycles. The lowest BCUT2D eigenvalue weighted by molar-refractivity contribution is -0.138. The first-order valence-electron chi connectivity index (χ1n) is 5.90. The minimum absolute atomic E-state index is 0.0808. The van der Waals surface area contributed by atoms with E-state index >= 15 is 0 Å². The van der Waals surface area contributed by atoms with E-state index in [0.29, 0.717) is 6.04 Å². The van der Waals surface area contributed by atoms with E-state index in [0.717, 1.165) is 24.6 Å². The number of carbonyl (C=O) groups excluding carboxylic acids is 1. The van der Waals surface area contributed by atoms with Crippen molar-refractivity contribution < 1.29 is 4.79 Å². The molecule has 5 nitrogen and oxygen atoms in total. The Morgan fingerprint density at radius 3 is 2.76 bits per heavy atom. The highest BCUT2D eigenvalue weighted by atomic mass is 16.2. The van der Waals surface area contributed by atoms with E-state index in [-0.39, 0.29) is 11.8 Å². The second-order valence-corrected chi connectivity index (χ2v) is 4.78. The molecule has 2 rings (SSSR count). The zero-order valence-corrected chi connectivity index (χ0v) is 10.5. The molecule has 1 saturated heterocycles. The second kappa shape index (κ2) is 4.69. The van der Waals surface area contributed by atoms with Crippen LogP contribution >= 0.6 is 0 Å². The Balaban J connectivity index is 1.83. The number of nitrogens with one attached hydrogen (secondary N) is 1. The van der Waals surface area contributed by atoms with Crippen molar-refractivity contribution in [1.29, 1.82) is 0 Å². The number of likely N-dealkylation sites (tertiary alicyclic amines) is 1. The van der Waals surface area contributed by atoms with E-state index in [2.05, 4.69) is 15.3 Å². The smallest absolute Gasteiger partial charge is 0.225 e. The van der Waals surface area contributed by atoms with Gasteiger partial charge in [0, 0.05) is 30.8 Å². The van der Waals surface area contributed by atoms with Crippen LogP contribution in [0.4, 0.5) is 5.82 Å². The molecule has 0 aromatic carbocycles. The third-order valence-corrected chi connectivity index (χ3v) is 2.84. The highest BCUT2D eigenvalue weighted by molar-refractivity contribution is 5.79. The summed E-state index contributed by atoms with van der Waals surface area (Å²) in [6.07, 6.45) is 1.55. The molecule has 1 aliphatic rings. The SMILES string of the molecule is Cc1cc(NC2CN(C(=O)C(C)C)C2)ncn1. The van der Waals surface area contributed by atoms with Crippen LogP contribution in [0.5, 0.6) is 0 Å². The number of carbonyl (C=O) groups is 1. The van der Waals surface area contributed by atoms with Crippen molar-refractivity contribution in [2.75, 3.05) is 18.4 Å². The summed E-state index contributed by atoms with van der Waals surface area (Å²) >= 11 is 0. The van der Waals surface area contributed by atoms with Crippen LogP contribution in [0.2, 0.25) is 0 Å². The molecule has 1 aromatic rings. The van der Waals surface area contributed by atoms with Crippen molar-refractivity contribution in [3.63, 3.8) is 0 Å². The van der Waals surface area contributed by atoms with Crippen molar-refractivity contribution in [2.45, 2.75) is 26.8 Å². The van der Waals surface area contributed by atoms with Crippen LogP contribution < -0.4 is 5.32 Å². The maximum absolute atomic E-state index is 11.6. The fraction of sp³-hybridized carbons (Fsp3) is 0.583. The Morgan fingerprint density at radius 1 is 1.47 bits per heavy atom. The molecular formula is C12H18N4O. The quantitative estimate of drug-likeness (QED) is 0.849. The van der Waals surface area contributed by atoms with E-state index in [9.17, 15) is 4.79 Å². The molecule has 17 heavy (non-hydrogen) atoms. The standard InChI is InChI=1S/C12H18N4O/c1-8(2)12(17)16-5-10(6-16)15-11-4-9(3)13-7-14-11/h4,7-8,10H,5-6H2,1-3H3,(H,13,14,15). The van der Waals surface area contributed by atoms with Crippen molar-refractivity contribution in [2.24, 2.45) is 5.92 Å². The van der Waals surface area contributed by atoms with E-state index in [1.165, 1.54) is 0 Å². The second-order valence-electron chi connectivity index (χ2n) is 4.78. The van der Waals surface area contributed by atoms with E-state index in [1.807, 2.05) is 31.7 Å². The third kappa shape index (κ3) is 2.72. The van der Waals surface area contributed by atoms with Crippen LogP contribution in [0.15, 0.2) is 12.4 Å². The van der Waals surface area contributed by atoms with Gasteiger partial charge >= 0.3 is 0 Å². The molecule has 5 heteroatoms. The van der Waals surface area contributed by atoms with Gasteiger partial charge in [0.1, 0.15) is 12.1 Å². The summed E-state index contributed by atoms with van der Waals surface area (Å²) < 4.78 is 0. The molecule has 0 atom stereocenters. The maximum Gasteiger partial charge on any atom is 0.225 e. The monoisotopic (exact) mass is 234 g/mol. The molecule has 0 unspecified atom stereocenters. The molecule has 0 spiro atoms. The summed E-state index contributed by atoms with van der Waals surface area (Å²) in [7, 11) is 0. The van der Waals surface area contributed by atoms with Crippen molar-refractivity contribution in [3.8, 4) is 0 Å². The third-order valence-electron chi connectivity index (χ3n) is 2.84. The van der Waals surface area contributed by atoms with Crippen molar-refractivity contribution >= 4 is 11.7 Å². The summed E-state index contributed by atoms with van der Waals surface area (Å²) in [4.78, 5) is 21.7. The first kappa shape index (κ1) is 11.8. The summed E-state index contributed by atoms with van der Waals surface area (Å²) in [6, 6.07) is 2.22. The molecule has 0 radical (unpaired) electrons. The van der Waals surface area contributed by atoms with Crippen LogP contribution in [-0.2, 0) is 4.79 Å². The first-order chi connectivity index (χ1) is 8.06. The maximum atomic E-state index is 11.6. The number of hydrogen-bond donors (Lipinski definition) is 1. The summed E-state index contributed by atoms with van der Waals surface area (Å²) in [5.41, 5.74) is 0.942. The van der Waals surface area contributed by atoms with Gasteiger partial charge in [-0.05, 0) is 6.92 Å². The molecule has 1 fully saturated rings. The fourth-order valence-electron chi connectivity index (χ4n) is 1.86. The van der Waals surface area contributed by atoms with Crippen molar-refractivity contribution in [3.05, 3.63) is 18.1 Å². The van der Waals surface area contributed by atoms with Crippen molar-refractivity contribution in [1.82, 2.24) is 14.9 Å². The number of amides is 1. The van der Waals surface area contributed by atoms with Gasteiger partial charge in [-0.1, -0.05) is 13.8 Å². The zero-order chi connectivity index (χ0) is 12.4. The largest absolute Gasteiger partial charge is 0.364 e. The first-order valence-corrected chi connectivity index (χ1v) is 5.90. The number of aromatic nitrogens is 2. The van der Waals surface area contributed by atoms with Gasteiger partial charge in [0.25, 0.3) is 0 Å². The van der Waals surface area contributed by atoms with E-state index < -0.39 is 0 Å². The van der Waals surface area contributed by atoms with Crippen LogP contribution in [0.3, 0.4) is 0 Å². The Labute approximate surface area is 101 Å². The highest BCUT2D eigenvalue weighted by Gasteiger charge is 2.31. The average Bonchev–Trinajstić information content (AvgIpc) is 2.22. The lowest BCUT2D eigenvalue weighted by atomic mass is 10.1. The molecule has 92 valence electrons. The van der Waals surface area contributed by atoms with Gasteiger partial charge in [0.2, 0.25) is 5.91 Å². The van der Waals surface area contributed by atoms with Crippen LogP contribution in [-0.4, -0.2) is 39.9 Å². The van der Waals surface area contributed by atoms with Gasteiger partial charge in [0.15, 0.2) is 0 Å². The Bertz CT molecular complexity index is 413. The molecule has 0 saturated carbocycles. The topological polar surface area (TPSA) is 58.1 Å². The molecule has 0 aliphatic carbocycles. The molecular weight excluding hydrogens is 216 g/mol. The van der Waals surface area contributed by atoms with Crippen LogP contribution in [0, 0.1) is 12.8 Å². The molecule has 1 N–H and O–H groups in total. The minimum Gasteiger partial charge on any atom is -0.364 e. The Kier molecular flexibility index (Phi) is 3.26. The summed E-state index contributed by atoms with van der Waals surface area (Å²) in [5, 5.41) is 3.30. The molecule has 1 aromatic heterocycles. The summed E-state index contributed by atoms with van der Waals surface area (Å²) in [6.45, 7) is 7.32. The van der Waals surface area contributed by atoms with Gasteiger partial charge in [-0.25, -0.2) is 9.97 Å². The zero-order valence-electron chi connectivity index (χ0n) is 10.5. The van der Waals surface area contributed by atoms with Gasteiger partial charge in [-0.2, -0.15) is 0 Å². The number of nitrogens with zero attached hydrogens (tertiary/aromatic N) is 3. The van der Waals surface area contributed by atoms with Gasteiger partial charge in [0.05, 0.1) is 6.04 Å². The molecule has 1 aliphatic heterocycles. The average molecular weight is 234 g/mol. The van der Waals surface area contributed by atoms with E-state index in [1.54, 1.807) is 6.33 Å². The lowest BCUT2D eigenvalue weighted by Gasteiger charge is -2.40. The summed E-state index contributed by atoms with van der Waals surface area (Å²) in [5.74, 6) is 1.14. The molecule has 1 amide bonds. The lowest BCUT2D eigenvalue weighted by Crippen LogP contribution is -2.58. The van der Waals surface area contributed by atoms with Crippen LogP contribution in [0.25, 0.3) is 0 Å². The molecule has 0 bridgehead atoms. The number of hydrogen-bond acceptors (Lipinski definition) is 4. The van der Waals surface area contributed by atoms with Crippen LogP contribution in [0.1, 0.15) is 19.5 Å². The Hall–Kier alpha value is -1.65. The minimum atomic E-state index is 0.0808. The Morgan fingerprint density at radius 2 is 2.18 bits per heavy atom. The number of aryl methyl sites for hydroxylation is 1. The normalized spacial score (nSPS) is 15.9. The van der Waals surface area contributed by atoms with Gasteiger partial charge in [-0.15, -0.1) is 0 Å². The van der Waals surface area contributed by atoms with Gasteiger partial charge in [-0.3, -0.25) is 4.79 Å². The fourth-order valence-corrected chi connectivity index (χ4v) is 1.86. The number of anilines is 1. The predicted octanol–water partition coefficient (Wildman–Crippen LogP) is 1.06. The number of rotatable bonds is 3.